The number of carbonyl (C=O) groups is 1. The van der Waals surface area contributed by atoms with Gasteiger partial charge in [-0.15, -0.1) is 11.8 Å². The van der Waals surface area contributed by atoms with Crippen molar-refractivity contribution in [1.29, 1.82) is 0 Å². The summed E-state index contributed by atoms with van der Waals surface area (Å²) in [7, 11) is 0. The Balaban J connectivity index is 1.93. The first-order valence-corrected chi connectivity index (χ1v) is 9.10. The molecule has 2 aromatic rings. The Kier molecular flexibility index (Phi) is 4.76. The van der Waals surface area contributed by atoms with Crippen molar-refractivity contribution in [3.05, 3.63) is 68.3 Å². The highest BCUT2D eigenvalue weighted by atomic mass is 127. The van der Waals surface area contributed by atoms with Gasteiger partial charge in [0.25, 0.3) is 5.91 Å². The van der Waals surface area contributed by atoms with Crippen LogP contribution >= 0.6 is 46.0 Å². The second-order valence-electron chi connectivity index (χ2n) is 4.72. The molecule has 2 nitrogen and oxygen atoms in total. The van der Waals surface area contributed by atoms with Gasteiger partial charge in [-0.3, -0.25) is 4.79 Å². The normalized spacial score (nSPS) is 18.0. The summed E-state index contributed by atoms with van der Waals surface area (Å²) in [6.07, 6.45) is 0. The molecule has 1 unspecified atom stereocenters. The molecule has 1 aliphatic heterocycles. The number of thioether (sulfide) groups is 1. The summed E-state index contributed by atoms with van der Waals surface area (Å²) in [5.41, 5.74) is 1.78. The van der Waals surface area contributed by atoms with Crippen LogP contribution in [0.15, 0.2) is 48.5 Å². The molecule has 108 valence electrons. The number of hydrogen-bond acceptors (Lipinski definition) is 2. The lowest BCUT2D eigenvalue weighted by molar-refractivity contribution is 0.0759. The fourth-order valence-electron chi connectivity index (χ4n) is 2.40. The average molecular weight is 430 g/mol. The van der Waals surface area contributed by atoms with Gasteiger partial charge in [0.2, 0.25) is 0 Å². The molecular formula is C16H13ClINOS. The number of rotatable bonds is 2. The van der Waals surface area contributed by atoms with Crippen LogP contribution in [0.3, 0.4) is 0 Å². The molecule has 0 aromatic heterocycles. The molecule has 0 radical (unpaired) electrons. The fraction of sp³-hybridized carbons (Fsp3) is 0.188. The van der Waals surface area contributed by atoms with Gasteiger partial charge >= 0.3 is 0 Å². The van der Waals surface area contributed by atoms with Gasteiger partial charge in [-0.1, -0.05) is 41.9 Å². The van der Waals surface area contributed by atoms with Crippen molar-refractivity contribution in [2.45, 2.75) is 5.37 Å². The topological polar surface area (TPSA) is 20.3 Å². The number of hydrogen-bond donors (Lipinski definition) is 0. The van der Waals surface area contributed by atoms with E-state index in [1.807, 2.05) is 53.4 Å². The Morgan fingerprint density at radius 2 is 1.90 bits per heavy atom. The smallest absolute Gasteiger partial charge is 0.256 e. The third-order valence-corrected chi connectivity index (χ3v) is 5.95. The Bertz CT molecular complexity index is 679. The van der Waals surface area contributed by atoms with E-state index in [9.17, 15) is 4.79 Å². The van der Waals surface area contributed by atoms with E-state index in [1.54, 1.807) is 11.8 Å². The van der Waals surface area contributed by atoms with Crippen molar-refractivity contribution < 1.29 is 4.79 Å². The summed E-state index contributed by atoms with van der Waals surface area (Å²) in [5, 5.41) is 0.722. The summed E-state index contributed by atoms with van der Waals surface area (Å²) in [4.78, 5) is 14.7. The zero-order chi connectivity index (χ0) is 14.8. The van der Waals surface area contributed by atoms with Crippen molar-refractivity contribution >= 4 is 51.9 Å². The average Bonchev–Trinajstić information content (AvgIpc) is 2.97. The third kappa shape index (κ3) is 3.07. The highest BCUT2D eigenvalue weighted by Crippen LogP contribution is 2.41. The van der Waals surface area contributed by atoms with Gasteiger partial charge in [-0.2, -0.15) is 0 Å². The van der Waals surface area contributed by atoms with Gasteiger partial charge in [0.1, 0.15) is 5.37 Å². The summed E-state index contributed by atoms with van der Waals surface area (Å²) < 4.78 is 0.981. The van der Waals surface area contributed by atoms with E-state index in [0.29, 0.717) is 0 Å². The maximum atomic E-state index is 12.8. The van der Waals surface area contributed by atoms with Crippen LogP contribution in [-0.2, 0) is 0 Å². The second-order valence-corrected chi connectivity index (χ2v) is 7.48. The standard InChI is InChI=1S/C16H13ClINOS/c17-13-7-3-1-5-11(13)16-19(9-10-21-16)15(20)12-6-2-4-8-14(12)18/h1-8,16H,9-10H2. The summed E-state index contributed by atoms with van der Waals surface area (Å²) in [6.45, 7) is 0.754. The number of amides is 1. The van der Waals surface area contributed by atoms with Gasteiger partial charge in [0.05, 0.1) is 5.56 Å². The van der Waals surface area contributed by atoms with Crippen LogP contribution in [0.2, 0.25) is 5.02 Å². The quantitative estimate of drug-likeness (QED) is 0.637. The van der Waals surface area contributed by atoms with Crippen molar-refractivity contribution in [1.82, 2.24) is 4.90 Å². The number of halogens is 2. The Labute approximate surface area is 147 Å². The van der Waals surface area contributed by atoms with E-state index in [1.165, 1.54) is 0 Å². The minimum Gasteiger partial charge on any atom is -0.322 e. The third-order valence-electron chi connectivity index (χ3n) is 3.43. The Morgan fingerprint density at radius 1 is 1.19 bits per heavy atom. The molecule has 0 saturated carbocycles. The molecule has 1 amide bonds. The molecule has 2 aromatic carbocycles. The van der Waals surface area contributed by atoms with Gasteiger partial charge in [-0.25, -0.2) is 0 Å². The molecule has 1 atom stereocenters. The lowest BCUT2D eigenvalue weighted by Crippen LogP contribution is -2.31. The summed E-state index contributed by atoms with van der Waals surface area (Å²) in [6, 6.07) is 15.5. The molecule has 0 spiro atoms. The van der Waals surface area contributed by atoms with Crippen molar-refractivity contribution in [2.75, 3.05) is 12.3 Å². The van der Waals surface area contributed by atoms with Crippen LogP contribution in [0.5, 0.6) is 0 Å². The van der Waals surface area contributed by atoms with E-state index in [0.717, 1.165) is 32.0 Å². The lowest BCUT2D eigenvalue weighted by atomic mass is 10.1. The van der Waals surface area contributed by atoms with Crippen LogP contribution in [-0.4, -0.2) is 23.1 Å². The predicted octanol–water partition coefficient (Wildman–Crippen LogP) is 4.83. The molecule has 0 aliphatic carbocycles. The monoisotopic (exact) mass is 429 g/mol. The minimum absolute atomic E-state index is 0.00204. The van der Waals surface area contributed by atoms with Gasteiger partial charge in [-0.05, 0) is 40.8 Å². The van der Waals surface area contributed by atoms with Crippen LogP contribution in [0.1, 0.15) is 21.3 Å². The minimum atomic E-state index is 0.00204. The highest BCUT2D eigenvalue weighted by Gasteiger charge is 2.32. The predicted molar refractivity (Wildman–Crippen MR) is 96.8 cm³/mol. The molecule has 1 saturated heterocycles. The van der Waals surface area contributed by atoms with Crippen molar-refractivity contribution in [3.63, 3.8) is 0 Å². The number of carbonyl (C=O) groups excluding carboxylic acids is 1. The van der Waals surface area contributed by atoms with Crippen molar-refractivity contribution in [2.24, 2.45) is 0 Å². The highest BCUT2D eigenvalue weighted by molar-refractivity contribution is 14.1. The maximum Gasteiger partial charge on any atom is 0.256 e. The fourth-order valence-corrected chi connectivity index (χ4v) is 4.61. The van der Waals surface area contributed by atoms with Gasteiger partial charge < -0.3 is 4.90 Å². The van der Waals surface area contributed by atoms with Crippen LogP contribution < -0.4 is 0 Å². The number of benzene rings is 2. The molecule has 3 rings (SSSR count). The number of nitrogens with zero attached hydrogens (tertiary/aromatic N) is 1. The molecule has 0 N–H and O–H groups in total. The Hall–Kier alpha value is -0.720. The lowest BCUT2D eigenvalue weighted by Gasteiger charge is -2.25. The van der Waals surface area contributed by atoms with E-state index >= 15 is 0 Å². The zero-order valence-electron chi connectivity index (χ0n) is 11.1. The summed E-state index contributed by atoms with van der Waals surface area (Å²) >= 11 is 10.3. The first-order chi connectivity index (χ1) is 10.2. The van der Waals surface area contributed by atoms with Crippen LogP contribution in [0.25, 0.3) is 0 Å². The first kappa shape index (κ1) is 15.2. The molecule has 5 heteroatoms. The van der Waals surface area contributed by atoms with Crippen LogP contribution in [0, 0.1) is 3.57 Å². The molecule has 21 heavy (non-hydrogen) atoms. The molecule has 1 fully saturated rings. The molecular weight excluding hydrogens is 417 g/mol. The maximum absolute atomic E-state index is 12.8. The molecule has 1 heterocycles. The van der Waals surface area contributed by atoms with E-state index in [4.69, 9.17) is 11.6 Å². The van der Waals surface area contributed by atoms with E-state index < -0.39 is 0 Å². The molecule has 1 aliphatic rings. The SMILES string of the molecule is O=C(c1ccccc1I)N1CCSC1c1ccccc1Cl. The van der Waals surface area contributed by atoms with Gasteiger partial charge in [0, 0.05) is 26.5 Å². The first-order valence-electron chi connectivity index (χ1n) is 6.60. The van der Waals surface area contributed by atoms with Gasteiger partial charge in [0.15, 0.2) is 0 Å². The largest absolute Gasteiger partial charge is 0.322 e. The molecule has 0 bridgehead atoms. The Morgan fingerprint density at radius 3 is 2.67 bits per heavy atom. The summed E-state index contributed by atoms with van der Waals surface area (Å²) in [5.74, 6) is 1.01. The zero-order valence-corrected chi connectivity index (χ0v) is 14.9. The van der Waals surface area contributed by atoms with E-state index in [2.05, 4.69) is 22.6 Å². The van der Waals surface area contributed by atoms with Crippen LogP contribution in [0.4, 0.5) is 0 Å². The van der Waals surface area contributed by atoms with Crippen molar-refractivity contribution in [3.8, 4) is 0 Å². The van der Waals surface area contributed by atoms with E-state index in [-0.39, 0.29) is 11.3 Å². The second kappa shape index (κ2) is 6.58.